The van der Waals surface area contributed by atoms with Gasteiger partial charge in [-0.2, -0.15) is 0 Å². The summed E-state index contributed by atoms with van der Waals surface area (Å²) in [5.41, 5.74) is -0.174. The van der Waals surface area contributed by atoms with Crippen molar-refractivity contribution in [1.29, 1.82) is 0 Å². The predicted molar refractivity (Wildman–Crippen MR) is 64.3 cm³/mol. The minimum Gasteiger partial charge on any atom is -0.338 e. The van der Waals surface area contributed by atoms with Crippen molar-refractivity contribution in [2.75, 3.05) is 6.54 Å². The molecule has 0 aliphatic heterocycles. The van der Waals surface area contributed by atoms with Crippen LogP contribution in [-0.4, -0.2) is 18.1 Å². The molecule has 0 spiro atoms. The molecule has 4 heteroatoms. The molecule has 1 aromatic rings. The van der Waals surface area contributed by atoms with Crippen LogP contribution in [0.3, 0.4) is 0 Å². The molecular formula is C11H18N2OS. The fourth-order valence-corrected chi connectivity index (χ4v) is 1.85. The summed E-state index contributed by atoms with van der Waals surface area (Å²) >= 11 is 1.72. The Labute approximate surface area is 94.9 Å². The van der Waals surface area contributed by atoms with E-state index in [2.05, 4.69) is 16.7 Å². The van der Waals surface area contributed by atoms with Crippen LogP contribution in [0.15, 0.2) is 17.5 Å². The molecule has 84 valence electrons. The van der Waals surface area contributed by atoms with Gasteiger partial charge in [-0.3, -0.25) is 0 Å². The maximum Gasteiger partial charge on any atom is 0.315 e. The Hall–Kier alpha value is -1.03. The molecule has 1 aromatic heterocycles. The van der Waals surface area contributed by atoms with E-state index in [0.717, 1.165) is 6.42 Å². The fraction of sp³-hybridized carbons (Fsp3) is 0.545. The average Bonchev–Trinajstić information content (AvgIpc) is 2.53. The first-order chi connectivity index (χ1) is 6.97. The average molecular weight is 226 g/mol. The zero-order chi connectivity index (χ0) is 11.3. The summed E-state index contributed by atoms with van der Waals surface area (Å²) in [6.45, 7) is 6.58. The molecule has 0 bridgehead atoms. The highest BCUT2D eigenvalue weighted by Gasteiger charge is 2.12. The number of hydrogen-bond donors (Lipinski definition) is 2. The molecule has 2 amide bonds. The largest absolute Gasteiger partial charge is 0.338 e. The third-order valence-corrected chi connectivity index (χ3v) is 2.66. The van der Waals surface area contributed by atoms with Crippen molar-refractivity contribution in [3.05, 3.63) is 22.4 Å². The molecule has 1 rings (SSSR count). The SMILES string of the molecule is CC(C)(C)NC(=O)NCCc1cccs1. The van der Waals surface area contributed by atoms with Crippen LogP contribution in [0, 0.1) is 0 Å². The van der Waals surface area contributed by atoms with Gasteiger partial charge in [-0.15, -0.1) is 11.3 Å². The number of nitrogens with one attached hydrogen (secondary N) is 2. The highest BCUT2D eigenvalue weighted by molar-refractivity contribution is 7.09. The lowest BCUT2D eigenvalue weighted by atomic mass is 10.1. The van der Waals surface area contributed by atoms with Crippen LogP contribution in [0.4, 0.5) is 4.79 Å². The molecule has 0 aromatic carbocycles. The predicted octanol–water partition coefficient (Wildman–Crippen LogP) is 2.39. The van der Waals surface area contributed by atoms with Gasteiger partial charge in [-0.1, -0.05) is 6.07 Å². The summed E-state index contributed by atoms with van der Waals surface area (Å²) in [6.07, 6.45) is 0.898. The summed E-state index contributed by atoms with van der Waals surface area (Å²) in [7, 11) is 0. The summed E-state index contributed by atoms with van der Waals surface area (Å²) in [5, 5.41) is 7.73. The molecule has 15 heavy (non-hydrogen) atoms. The second-order valence-corrected chi connectivity index (χ2v) is 5.49. The Balaban J connectivity index is 2.18. The monoisotopic (exact) mass is 226 g/mol. The zero-order valence-corrected chi connectivity index (χ0v) is 10.3. The molecule has 0 saturated carbocycles. The van der Waals surface area contributed by atoms with Crippen LogP contribution in [0.2, 0.25) is 0 Å². The van der Waals surface area contributed by atoms with Gasteiger partial charge in [0.05, 0.1) is 0 Å². The number of amides is 2. The third kappa shape index (κ3) is 5.42. The number of hydrogen-bond acceptors (Lipinski definition) is 2. The summed E-state index contributed by atoms with van der Waals surface area (Å²) < 4.78 is 0. The smallest absolute Gasteiger partial charge is 0.315 e. The minimum atomic E-state index is -0.174. The van der Waals surface area contributed by atoms with Crippen molar-refractivity contribution in [2.24, 2.45) is 0 Å². The molecule has 3 nitrogen and oxygen atoms in total. The van der Waals surface area contributed by atoms with Gasteiger partial charge < -0.3 is 10.6 Å². The van der Waals surface area contributed by atoms with Crippen LogP contribution in [0.5, 0.6) is 0 Å². The van der Waals surface area contributed by atoms with Gasteiger partial charge >= 0.3 is 6.03 Å². The molecule has 1 heterocycles. The van der Waals surface area contributed by atoms with Gasteiger partial charge in [0.1, 0.15) is 0 Å². The molecule has 0 aliphatic rings. The lowest BCUT2D eigenvalue weighted by Gasteiger charge is -2.20. The van der Waals surface area contributed by atoms with Crippen molar-refractivity contribution in [1.82, 2.24) is 10.6 Å². The van der Waals surface area contributed by atoms with Gasteiger partial charge in [0, 0.05) is 17.0 Å². The number of carbonyl (C=O) groups excluding carboxylic acids is 1. The molecule has 0 radical (unpaired) electrons. The standard InChI is InChI=1S/C11H18N2OS/c1-11(2,3)13-10(14)12-7-6-9-5-4-8-15-9/h4-5,8H,6-7H2,1-3H3,(H2,12,13,14). The summed E-state index contributed by atoms with van der Waals surface area (Å²) in [4.78, 5) is 12.7. The second-order valence-electron chi connectivity index (χ2n) is 4.46. The zero-order valence-electron chi connectivity index (χ0n) is 9.46. The minimum absolute atomic E-state index is 0.0981. The highest BCUT2D eigenvalue weighted by Crippen LogP contribution is 2.08. The van der Waals surface area contributed by atoms with E-state index >= 15 is 0 Å². The third-order valence-electron chi connectivity index (χ3n) is 1.73. The molecule has 0 unspecified atom stereocenters. The van der Waals surface area contributed by atoms with E-state index in [1.807, 2.05) is 32.2 Å². The van der Waals surface area contributed by atoms with Crippen LogP contribution in [-0.2, 0) is 6.42 Å². The Bertz CT molecular complexity index is 301. The fourth-order valence-electron chi connectivity index (χ4n) is 1.14. The van der Waals surface area contributed by atoms with Crippen molar-refractivity contribution in [3.63, 3.8) is 0 Å². The van der Waals surface area contributed by atoms with Crippen LogP contribution in [0.1, 0.15) is 25.6 Å². The second kappa shape index (κ2) is 5.16. The van der Waals surface area contributed by atoms with E-state index in [0.29, 0.717) is 6.54 Å². The Morgan fingerprint density at radius 1 is 1.47 bits per heavy atom. The van der Waals surface area contributed by atoms with E-state index in [1.54, 1.807) is 11.3 Å². The van der Waals surface area contributed by atoms with Crippen LogP contribution >= 0.6 is 11.3 Å². The molecule has 2 N–H and O–H groups in total. The number of urea groups is 1. The van der Waals surface area contributed by atoms with Crippen LogP contribution < -0.4 is 10.6 Å². The van der Waals surface area contributed by atoms with Gasteiger partial charge in [0.2, 0.25) is 0 Å². The number of thiophene rings is 1. The highest BCUT2D eigenvalue weighted by atomic mass is 32.1. The van der Waals surface area contributed by atoms with Gasteiger partial charge in [-0.05, 0) is 38.6 Å². The van der Waals surface area contributed by atoms with E-state index in [9.17, 15) is 4.79 Å². The Kier molecular flexibility index (Phi) is 4.15. The molecule has 0 fully saturated rings. The van der Waals surface area contributed by atoms with Crippen molar-refractivity contribution in [2.45, 2.75) is 32.7 Å². The first-order valence-electron chi connectivity index (χ1n) is 5.06. The lowest BCUT2D eigenvalue weighted by Crippen LogP contribution is -2.46. The van der Waals surface area contributed by atoms with E-state index in [1.165, 1.54) is 4.88 Å². The summed E-state index contributed by atoms with van der Waals surface area (Å²) in [5.74, 6) is 0. The first kappa shape index (κ1) is 12.0. The Morgan fingerprint density at radius 2 is 2.20 bits per heavy atom. The normalized spacial score (nSPS) is 11.1. The molecule has 0 saturated heterocycles. The van der Waals surface area contributed by atoms with Crippen molar-refractivity contribution < 1.29 is 4.79 Å². The molecule has 0 atom stereocenters. The van der Waals surface area contributed by atoms with E-state index in [-0.39, 0.29) is 11.6 Å². The van der Waals surface area contributed by atoms with Crippen molar-refractivity contribution in [3.8, 4) is 0 Å². The molecule has 0 aliphatic carbocycles. The molecular weight excluding hydrogens is 208 g/mol. The maximum absolute atomic E-state index is 11.4. The van der Waals surface area contributed by atoms with E-state index < -0.39 is 0 Å². The topological polar surface area (TPSA) is 41.1 Å². The lowest BCUT2D eigenvalue weighted by molar-refractivity contribution is 0.232. The van der Waals surface area contributed by atoms with Gasteiger partial charge in [-0.25, -0.2) is 4.79 Å². The summed E-state index contributed by atoms with van der Waals surface area (Å²) in [6, 6.07) is 4.00. The number of rotatable bonds is 3. The van der Waals surface area contributed by atoms with E-state index in [4.69, 9.17) is 0 Å². The van der Waals surface area contributed by atoms with Gasteiger partial charge in [0.25, 0.3) is 0 Å². The Morgan fingerprint density at radius 3 is 2.73 bits per heavy atom. The van der Waals surface area contributed by atoms with Crippen molar-refractivity contribution >= 4 is 17.4 Å². The number of carbonyl (C=O) groups is 1. The maximum atomic E-state index is 11.4. The quantitative estimate of drug-likeness (QED) is 0.816. The van der Waals surface area contributed by atoms with Gasteiger partial charge in [0.15, 0.2) is 0 Å². The first-order valence-corrected chi connectivity index (χ1v) is 5.94. The van der Waals surface area contributed by atoms with Crippen LogP contribution in [0.25, 0.3) is 0 Å².